The number of carboxylic acids is 1. The number of hydrogen-bond acceptors (Lipinski definition) is 2. The van der Waals surface area contributed by atoms with E-state index in [1.165, 1.54) is 38.1 Å². The van der Waals surface area contributed by atoms with Crippen LogP contribution in [0.1, 0.15) is 47.4 Å². The fraction of sp³-hybridized carbons (Fsp3) is 0.300. The smallest absolute Gasteiger partial charge is 0.309 e. The van der Waals surface area contributed by atoms with Crippen LogP contribution in [0.5, 0.6) is 0 Å². The number of aliphatic carboxylic acids is 1. The summed E-state index contributed by atoms with van der Waals surface area (Å²) in [6.45, 7) is 12.8. The Labute approximate surface area is 217 Å². The third kappa shape index (κ3) is 5.14. The molecule has 182 valence electrons. The average molecular weight is 506 g/mol. The van der Waals surface area contributed by atoms with Gasteiger partial charge in [-0.15, -0.1) is 0 Å². The van der Waals surface area contributed by atoms with Crippen molar-refractivity contribution in [1.29, 1.82) is 0 Å². The number of carbonyl (C=O) groups is 1. The maximum Gasteiger partial charge on any atom is 0.309 e. The minimum absolute atomic E-state index is 0.427. The van der Waals surface area contributed by atoms with E-state index in [-0.39, 0.29) is 0 Å². The number of nitrogens with zero attached hydrogens (tertiary/aromatic N) is 1. The first-order valence-corrected chi connectivity index (χ1v) is 13.0. The summed E-state index contributed by atoms with van der Waals surface area (Å²) >= 11 is 7.91. The molecule has 0 spiro atoms. The van der Waals surface area contributed by atoms with Crippen LogP contribution < -0.4 is 0 Å². The third-order valence-corrected chi connectivity index (χ3v) is 8.37. The first-order chi connectivity index (χ1) is 16.5. The van der Waals surface area contributed by atoms with Crippen molar-refractivity contribution in [3.63, 3.8) is 0 Å². The summed E-state index contributed by atoms with van der Waals surface area (Å²) in [5.41, 5.74) is 7.31. The molecule has 1 N–H and O–H groups in total. The van der Waals surface area contributed by atoms with Crippen LogP contribution >= 0.6 is 23.4 Å². The molecule has 1 aromatic heterocycles. The quantitative estimate of drug-likeness (QED) is 0.274. The summed E-state index contributed by atoms with van der Waals surface area (Å²) in [5, 5.41) is 11.9. The van der Waals surface area contributed by atoms with E-state index in [0.29, 0.717) is 18.0 Å². The van der Waals surface area contributed by atoms with Crippen molar-refractivity contribution >= 4 is 40.2 Å². The van der Waals surface area contributed by atoms with Crippen LogP contribution in [0, 0.1) is 33.1 Å². The number of hydrogen-bond donors (Lipinski definition) is 1. The summed E-state index contributed by atoms with van der Waals surface area (Å²) in [6.07, 6.45) is 0.427. The maximum atomic E-state index is 12.2. The Bertz CT molecular complexity index is 1420. The van der Waals surface area contributed by atoms with Crippen LogP contribution in [-0.4, -0.2) is 15.6 Å². The van der Waals surface area contributed by atoms with Crippen molar-refractivity contribution < 1.29 is 9.90 Å². The first-order valence-electron chi connectivity index (χ1n) is 11.8. The van der Waals surface area contributed by atoms with Crippen LogP contribution in [0.25, 0.3) is 10.9 Å². The highest BCUT2D eigenvalue weighted by molar-refractivity contribution is 7.99. The van der Waals surface area contributed by atoms with Crippen LogP contribution in [-0.2, 0) is 17.8 Å². The van der Waals surface area contributed by atoms with Crippen LogP contribution in [0.15, 0.2) is 64.4 Å². The molecule has 0 bridgehead atoms. The molecule has 0 atom stereocenters. The normalized spacial score (nSPS) is 11.9. The predicted molar refractivity (Wildman–Crippen MR) is 147 cm³/mol. The Morgan fingerprint density at radius 2 is 1.63 bits per heavy atom. The largest absolute Gasteiger partial charge is 0.481 e. The number of carboxylic acid groups (broad SMARTS) is 1. The molecule has 0 amide bonds. The molecule has 35 heavy (non-hydrogen) atoms. The van der Waals surface area contributed by atoms with Crippen molar-refractivity contribution in [1.82, 2.24) is 4.57 Å². The first kappa shape index (κ1) is 25.4. The van der Waals surface area contributed by atoms with Gasteiger partial charge < -0.3 is 9.67 Å². The zero-order valence-electron chi connectivity index (χ0n) is 21.2. The lowest BCUT2D eigenvalue weighted by Crippen LogP contribution is -2.27. The number of aryl methyl sites for hydroxylation is 4. The summed E-state index contributed by atoms with van der Waals surface area (Å²) in [6, 6.07) is 18.8. The SMILES string of the molecule is Cc1ccc(C)c(Sc2c(CC(C)(C)C(=O)O)n(Cc3ccc(Cl)cc3)c3c(C)c(C)ccc23)c1. The molecule has 5 heteroatoms. The van der Waals surface area contributed by atoms with E-state index in [1.54, 1.807) is 11.8 Å². The number of benzene rings is 3. The molecular weight excluding hydrogens is 474 g/mol. The van der Waals surface area contributed by atoms with E-state index in [4.69, 9.17) is 11.6 Å². The van der Waals surface area contributed by atoms with Crippen LogP contribution in [0.2, 0.25) is 5.02 Å². The highest BCUT2D eigenvalue weighted by Gasteiger charge is 2.32. The van der Waals surface area contributed by atoms with Crippen LogP contribution in [0.4, 0.5) is 0 Å². The highest BCUT2D eigenvalue weighted by atomic mass is 35.5. The highest BCUT2D eigenvalue weighted by Crippen LogP contribution is 2.44. The number of halogens is 1. The molecule has 3 nitrogen and oxygen atoms in total. The minimum Gasteiger partial charge on any atom is -0.481 e. The molecule has 0 saturated heterocycles. The van der Waals surface area contributed by atoms with Crippen molar-refractivity contribution in [2.45, 2.75) is 64.3 Å². The van der Waals surface area contributed by atoms with Gasteiger partial charge in [-0.2, -0.15) is 0 Å². The van der Waals surface area contributed by atoms with E-state index in [1.807, 2.05) is 38.1 Å². The second-order valence-electron chi connectivity index (χ2n) is 10.1. The Balaban J connectivity index is 2.01. The zero-order chi connectivity index (χ0) is 25.5. The second-order valence-corrected chi connectivity index (χ2v) is 11.6. The van der Waals surface area contributed by atoms with E-state index in [0.717, 1.165) is 16.2 Å². The van der Waals surface area contributed by atoms with Gasteiger partial charge in [-0.25, -0.2) is 0 Å². The van der Waals surface area contributed by atoms with E-state index in [2.05, 4.69) is 62.6 Å². The van der Waals surface area contributed by atoms with Gasteiger partial charge in [0.1, 0.15) is 0 Å². The van der Waals surface area contributed by atoms with E-state index < -0.39 is 11.4 Å². The molecule has 4 aromatic rings. The molecule has 1 heterocycles. The van der Waals surface area contributed by atoms with E-state index in [9.17, 15) is 9.90 Å². The van der Waals surface area contributed by atoms with Crippen LogP contribution in [0.3, 0.4) is 0 Å². The Kier molecular flexibility index (Phi) is 7.08. The Morgan fingerprint density at radius 1 is 0.971 bits per heavy atom. The molecule has 0 aliphatic carbocycles. The lowest BCUT2D eigenvalue weighted by Gasteiger charge is -2.22. The van der Waals surface area contributed by atoms with Gasteiger partial charge in [0.15, 0.2) is 0 Å². The van der Waals surface area contributed by atoms with Gasteiger partial charge in [0, 0.05) is 38.9 Å². The summed E-state index contributed by atoms with van der Waals surface area (Å²) in [7, 11) is 0. The maximum absolute atomic E-state index is 12.2. The van der Waals surface area contributed by atoms with Gasteiger partial charge in [0.05, 0.1) is 10.9 Å². The van der Waals surface area contributed by atoms with E-state index >= 15 is 0 Å². The molecule has 0 aliphatic rings. The van der Waals surface area contributed by atoms with Gasteiger partial charge in [-0.3, -0.25) is 4.79 Å². The van der Waals surface area contributed by atoms with Gasteiger partial charge in [0.2, 0.25) is 0 Å². The van der Waals surface area contributed by atoms with Crippen molar-refractivity contribution in [3.8, 4) is 0 Å². The van der Waals surface area contributed by atoms with Gasteiger partial charge >= 0.3 is 5.97 Å². The molecule has 4 rings (SSSR count). The zero-order valence-corrected chi connectivity index (χ0v) is 22.8. The Hall–Kier alpha value is -2.69. The fourth-order valence-electron chi connectivity index (χ4n) is 4.40. The van der Waals surface area contributed by atoms with Crippen molar-refractivity contribution in [3.05, 3.63) is 93.1 Å². The third-order valence-electron chi connectivity index (χ3n) is 6.80. The second kappa shape index (κ2) is 9.75. The molecule has 0 unspecified atom stereocenters. The van der Waals surface area contributed by atoms with Gasteiger partial charge in [0.25, 0.3) is 0 Å². The molecule has 3 aromatic carbocycles. The summed E-state index contributed by atoms with van der Waals surface area (Å²) < 4.78 is 2.33. The minimum atomic E-state index is -0.911. The summed E-state index contributed by atoms with van der Waals surface area (Å²) in [4.78, 5) is 14.5. The average Bonchev–Trinajstić information content (AvgIpc) is 3.07. The number of rotatable bonds is 7. The van der Waals surface area contributed by atoms with Crippen molar-refractivity contribution in [2.24, 2.45) is 5.41 Å². The molecule has 0 radical (unpaired) electrons. The number of aromatic nitrogens is 1. The summed E-state index contributed by atoms with van der Waals surface area (Å²) in [5.74, 6) is -0.795. The molecule has 0 aliphatic heterocycles. The topological polar surface area (TPSA) is 42.2 Å². The number of fused-ring (bicyclic) bond motifs is 1. The fourth-order valence-corrected chi connectivity index (χ4v) is 5.80. The lowest BCUT2D eigenvalue weighted by molar-refractivity contribution is -0.146. The lowest BCUT2D eigenvalue weighted by atomic mass is 9.88. The Morgan fingerprint density at radius 3 is 2.29 bits per heavy atom. The monoisotopic (exact) mass is 505 g/mol. The molecule has 0 saturated carbocycles. The van der Waals surface area contributed by atoms with Gasteiger partial charge in [-0.1, -0.05) is 59.8 Å². The molecular formula is C30H32ClNO2S. The predicted octanol–water partition coefficient (Wildman–Crippen LogP) is 8.38. The molecule has 0 fully saturated rings. The van der Waals surface area contributed by atoms with Crippen molar-refractivity contribution in [2.75, 3.05) is 0 Å². The standard InChI is InChI=1S/C30H32ClNO2S/c1-18-7-8-20(3)26(15-18)35-28-24-14-9-19(2)21(4)27(24)32(17-22-10-12-23(31)13-11-22)25(28)16-30(5,6)29(33)34/h7-15H,16-17H2,1-6H3,(H,33,34). The van der Waals surface area contributed by atoms with Gasteiger partial charge in [-0.05, 0) is 87.6 Å².